The van der Waals surface area contributed by atoms with Crippen LogP contribution in [0.1, 0.15) is 38.4 Å². The number of methoxy groups -OCH3 is 1. The number of nitrogens with one attached hydrogen (secondary N) is 1. The molecular weight excluding hydrogens is 506 g/mol. The van der Waals surface area contributed by atoms with Crippen LogP contribution < -0.4 is 10.1 Å². The molecule has 1 aromatic heterocycles. The molecule has 0 radical (unpaired) electrons. The molecule has 0 aliphatic carbocycles. The summed E-state index contributed by atoms with van der Waals surface area (Å²) >= 11 is 0. The number of pyridine rings is 1. The summed E-state index contributed by atoms with van der Waals surface area (Å²) in [7, 11) is 1.59. The lowest BCUT2D eigenvalue weighted by Gasteiger charge is -2.24. The number of benzene rings is 3. The van der Waals surface area contributed by atoms with Crippen LogP contribution in [-0.4, -0.2) is 53.0 Å². The van der Waals surface area contributed by atoms with Gasteiger partial charge in [0.1, 0.15) is 5.75 Å². The maximum atomic E-state index is 13.8. The number of rotatable bonds is 12. The molecule has 0 saturated carbocycles. The number of amides is 2. The van der Waals surface area contributed by atoms with E-state index >= 15 is 0 Å². The van der Waals surface area contributed by atoms with Crippen LogP contribution >= 0.6 is 0 Å². The number of hydrogen-bond acceptors (Lipinski definition) is 5. The van der Waals surface area contributed by atoms with Crippen LogP contribution in [0.25, 0.3) is 11.1 Å². The molecule has 2 amide bonds. The number of carbonyl (C=O) groups excluding carboxylic acids is 2. The number of ether oxygens (including phenoxy) is 1. The molecule has 4 rings (SSSR count). The normalized spacial score (nSPS) is 10.5. The monoisotopic (exact) mass is 537 g/mol. The summed E-state index contributed by atoms with van der Waals surface area (Å²) in [6.45, 7) is 0.666. The molecular formula is C32H31N3O5. The van der Waals surface area contributed by atoms with Crippen molar-refractivity contribution in [3.63, 3.8) is 0 Å². The number of hydrogen-bond donors (Lipinski definition) is 2. The molecule has 8 nitrogen and oxygen atoms in total. The lowest BCUT2D eigenvalue weighted by atomic mass is 9.94. The number of carbonyl (C=O) groups is 3. The standard InChI is InChI=1S/C32H31N3O5/c1-40-25-11-8-9-23(21-25)22-34-31(38)28-14-4-2-12-26(28)27-13-3-5-15-29(27)32(39)35(20-17-30(36)37)19-16-24-10-6-7-18-33-24/h2-15,18,21H,16-17,19-20,22H2,1H3,(H,34,38)(H,36,37). The highest BCUT2D eigenvalue weighted by Crippen LogP contribution is 2.28. The average Bonchev–Trinajstić information content (AvgIpc) is 3.00. The van der Waals surface area contributed by atoms with Gasteiger partial charge in [0.2, 0.25) is 0 Å². The average molecular weight is 538 g/mol. The molecule has 0 unspecified atom stereocenters. The van der Waals surface area contributed by atoms with Gasteiger partial charge >= 0.3 is 5.97 Å². The molecule has 0 bridgehead atoms. The van der Waals surface area contributed by atoms with E-state index in [0.29, 0.717) is 47.5 Å². The molecule has 0 saturated heterocycles. The Bertz CT molecular complexity index is 1470. The number of carboxylic acids is 1. The van der Waals surface area contributed by atoms with E-state index in [9.17, 15) is 19.5 Å². The Kier molecular flexibility index (Phi) is 9.61. The van der Waals surface area contributed by atoms with Crippen molar-refractivity contribution in [2.24, 2.45) is 0 Å². The molecule has 0 atom stereocenters. The Hall–Kier alpha value is -4.98. The summed E-state index contributed by atoms with van der Waals surface area (Å²) in [6, 6.07) is 27.2. The molecule has 204 valence electrons. The van der Waals surface area contributed by atoms with E-state index in [1.54, 1.807) is 43.6 Å². The van der Waals surface area contributed by atoms with Crippen LogP contribution in [0.15, 0.2) is 97.2 Å². The maximum absolute atomic E-state index is 13.8. The van der Waals surface area contributed by atoms with Gasteiger partial charge in [0.25, 0.3) is 11.8 Å². The van der Waals surface area contributed by atoms with E-state index in [4.69, 9.17) is 4.74 Å². The van der Waals surface area contributed by atoms with Crippen LogP contribution in [0.5, 0.6) is 5.75 Å². The Morgan fingerprint density at radius 1 is 0.850 bits per heavy atom. The highest BCUT2D eigenvalue weighted by molar-refractivity contribution is 6.06. The van der Waals surface area contributed by atoms with E-state index in [-0.39, 0.29) is 24.8 Å². The van der Waals surface area contributed by atoms with Gasteiger partial charge < -0.3 is 20.1 Å². The van der Waals surface area contributed by atoms with Crippen molar-refractivity contribution in [1.82, 2.24) is 15.2 Å². The van der Waals surface area contributed by atoms with Crippen LogP contribution in [0.4, 0.5) is 0 Å². The minimum atomic E-state index is -0.984. The molecule has 40 heavy (non-hydrogen) atoms. The van der Waals surface area contributed by atoms with Crippen molar-refractivity contribution >= 4 is 17.8 Å². The fourth-order valence-corrected chi connectivity index (χ4v) is 4.39. The molecule has 0 fully saturated rings. The third kappa shape index (κ3) is 7.32. The number of aromatic nitrogens is 1. The minimum absolute atomic E-state index is 0.0536. The molecule has 1 heterocycles. The number of carboxylic acid groups (broad SMARTS) is 1. The van der Waals surface area contributed by atoms with Gasteiger partial charge in [0.15, 0.2) is 0 Å². The van der Waals surface area contributed by atoms with Crippen molar-refractivity contribution in [3.8, 4) is 16.9 Å². The second kappa shape index (κ2) is 13.7. The van der Waals surface area contributed by atoms with Gasteiger partial charge in [0.05, 0.1) is 13.5 Å². The Labute approximate surface area is 233 Å². The molecule has 3 aromatic carbocycles. The topological polar surface area (TPSA) is 109 Å². The zero-order chi connectivity index (χ0) is 28.3. The van der Waals surface area contributed by atoms with E-state index < -0.39 is 5.97 Å². The third-order valence-corrected chi connectivity index (χ3v) is 6.45. The molecule has 4 aromatic rings. The first-order chi connectivity index (χ1) is 19.5. The number of aliphatic carboxylic acids is 1. The predicted molar refractivity (Wildman–Crippen MR) is 152 cm³/mol. The van der Waals surface area contributed by atoms with Crippen LogP contribution in [0.2, 0.25) is 0 Å². The molecule has 2 N–H and O–H groups in total. The van der Waals surface area contributed by atoms with E-state index in [0.717, 1.165) is 11.3 Å². The lowest BCUT2D eigenvalue weighted by molar-refractivity contribution is -0.137. The molecule has 0 aliphatic heterocycles. The van der Waals surface area contributed by atoms with E-state index in [2.05, 4.69) is 10.3 Å². The summed E-state index contributed by atoms with van der Waals surface area (Å²) in [6.07, 6.45) is 1.99. The molecule has 0 spiro atoms. The second-order valence-electron chi connectivity index (χ2n) is 9.13. The fourth-order valence-electron chi connectivity index (χ4n) is 4.39. The Balaban J connectivity index is 1.59. The van der Waals surface area contributed by atoms with Gasteiger partial charge in [0, 0.05) is 49.1 Å². The van der Waals surface area contributed by atoms with Crippen molar-refractivity contribution in [1.29, 1.82) is 0 Å². The van der Waals surface area contributed by atoms with E-state index in [1.165, 1.54) is 4.90 Å². The van der Waals surface area contributed by atoms with Crippen molar-refractivity contribution < 1.29 is 24.2 Å². The van der Waals surface area contributed by atoms with Gasteiger partial charge in [-0.1, -0.05) is 54.6 Å². The van der Waals surface area contributed by atoms with Gasteiger partial charge in [-0.3, -0.25) is 19.4 Å². The summed E-state index contributed by atoms with van der Waals surface area (Å²) in [5.41, 5.74) is 3.72. The quantitative estimate of drug-likeness (QED) is 0.268. The lowest BCUT2D eigenvalue weighted by Crippen LogP contribution is -2.35. The van der Waals surface area contributed by atoms with Gasteiger partial charge in [-0.25, -0.2) is 0 Å². The Morgan fingerprint density at radius 2 is 1.55 bits per heavy atom. The van der Waals surface area contributed by atoms with Gasteiger partial charge in [-0.15, -0.1) is 0 Å². The number of nitrogens with zero attached hydrogens (tertiary/aromatic N) is 2. The third-order valence-electron chi connectivity index (χ3n) is 6.45. The zero-order valence-corrected chi connectivity index (χ0v) is 22.2. The highest BCUT2D eigenvalue weighted by Gasteiger charge is 2.22. The molecule has 0 aliphatic rings. The maximum Gasteiger partial charge on any atom is 0.305 e. The SMILES string of the molecule is COc1cccc(CNC(=O)c2ccccc2-c2ccccc2C(=O)N(CCC(=O)O)CCc2ccccn2)c1. The first-order valence-electron chi connectivity index (χ1n) is 13.0. The van der Waals surface area contributed by atoms with Gasteiger partial charge in [-0.2, -0.15) is 0 Å². The second-order valence-corrected chi connectivity index (χ2v) is 9.13. The summed E-state index contributed by atoms with van der Waals surface area (Å²) < 4.78 is 5.27. The van der Waals surface area contributed by atoms with Crippen molar-refractivity contribution in [3.05, 3.63) is 120 Å². The Morgan fingerprint density at radius 3 is 2.25 bits per heavy atom. The van der Waals surface area contributed by atoms with Crippen LogP contribution in [0, 0.1) is 0 Å². The summed E-state index contributed by atoms with van der Waals surface area (Å²) in [5.74, 6) is -0.866. The summed E-state index contributed by atoms with van der Waals surface area (Å²) in [4.78, 5) is 44.3. The largest absolute Gasteiger partial charge is 0.497 e. The zero-order valence-electron chi connectivity index (χ0n) is 22.2. The summed E-state index contributed by atoms with van der Waals surface area (Å²) in [5, 5.41) is 12.2. The van der Waals surface area contributed by atoms with Crippen LogP contribution in [0.3, 0.4) is 0 Å². The van der Waals surface area contributed by atoms with E-state index in [1.807, 2.05) is 60.7 Å². The van der Waals surface area contributed by atoms with Crippen molar-refractivity contribution in [2.75, 3.05) is 20.2 Å². The van der Waals surface area contributed by atoms with Crippen LogP contribution in [-0.2, 0) is 17.8 Å². The smallest absolute Gasteiger partial charge is 0.305 e. The first kappa shape index (κ1) is 28.0. The van der Waals surface area contributed by atoms with Gasteiger partial charge in [-0.05, 0) is 53.1 Å². The minimum Gasteiger partial charge on any atom is -0.497 e. The first-order valence-corrected chi connectivity index (χ1v) is 13.0. The van der Waals surface area contributed by atoms with Crippen molar-refractivity contribution in [2.45, 2.75) is 19.4 Å². The fraction of sp³-hybridized carbons (Fsp3) is 0.188. The predicted octanol–water partition coefficient (Wildman–Crippen LogP) is 4.85. The highest BCUT2D eigenvalue weighted by atomic mass is 16.5. The molecule has 8 heteroatoms.